The summed E-state index contributed by atoms with van der Waals surface area (Å²) in [6.45, 7) is 4.46. The van der Waals surface area contributed by atoms with E-state index in [1.807, 2.05) is 11.9 Å². The fourth-order valence-corrected chi connectivity index (χ4v) is 4.44. The van der Waals surface area contributed by atoms with Crippen LogP contribution in [0.15, 0.2) is 85.3 Å². The minimum Gasteiger partial charge on any atom is -0.343 e. The molecule has 38 heavy (non-hydrogen) atoms. The molecule has 1 aliphatic rings. The van der Waals surface area contributed by atoms with Crippen molar-refractivity contribution in [1.82, 2.24) is 14.8 Å². The number of hydrogen-bond donors (Lipinski definition) is 0. The maximum atomic E-state index is 12.6. The maximum absolute atomic E-state index is 12.6. The molecular formula is C33H47N3O2. The summed E-state index contributed by atoms with van der Waals surface area (Å²) < 4.78 is 0. The smallest absolute Gasteiger partial charge is 0.255 e. The monoisotopic (exact) mass is 517 g/mol. The largest absolute Gasteiger partial charge is 0.343 e. The summed E-state index contributed by atoms with van der Waals surface area (Å²) in [5, 5.41) is 0. The van der Waals surface area contributed by atoms with Crippen LogP contribution in [0, 0.1) is 5.92 Å². The lowest BCUT2D eigenvalue weighted by Gasteiger charge is -2.34. The summed E-state index contributed by atoms with van der Waals surface area (Å²) in [5.41, 5.74) is 0.620. The average Bonchev–Trinajstić information content (AvgIpc) is 2.95. The Balaban J connectivity index is 1.49. The van der Waals surface area contributed by atoms with E-state index < -0.39 is 0 Å². The zero-order valence-electron chi connectivity index (χ0n) is 23.5. The molecule has 5 heteroatoms. The van der Waals surface area contributed by atoms with Crippen LogP contribution in [0.5, 0.6) is 0 Å². The third-order valence-electron chi connectivity index (χ3n) is 6.67. The van der Waals surface area contributed by atoms with Crippen LogP contribution >= 0.6 is 0 Å². The minimum absolute atomic E-state index is 0.00616. The van der Waals surface area contributed by atoms with Crippen molar-refractivity contribution in [3.63, 3.8) is 0 Å². The van der Waals surface area contributed by atoms with E-state index >= 15 is 0 Å². The first kappa shape index (κ1) is 31.0. The van der Waals surface area contributed by atoms with Gasteiger partial charge in [0, 0.05) is 45.5 Å². The van der Waals surface area contributed by atoms with Gasteiger partial charge in [-0.1, -0.05) is 67.7 Å². The first-order valence-electron chi connectivity index (χ1n) is 14.3. The molecule has 1 fully saturated rings. The molecule has 0 N–H and O–H groups in total. The quantitative estimate of drug-likeness (QED) is 0.171. The highest BCUT2D eigenvalue weighted by molar-refractivity contribution is 5.93. The number of likely N-dealkylation sites (tertiary alicyclic amines) is 1. The number of pyridine rings is 1. The van der Waals surface area contributed by atoms with Gasteiger partial charge < -0.3 is 9.80 Å². The second-order valence-electron chi connectivity index (χ2n) is 9.85. The van der Waals surface area contributed by atoms with Crippen LogP contribution in [-0.4, -0.2) is 53.3 Å². The number of unbranched alkanes of at least 4 members (excludes halogenated alkanes) is 1. The molecule has 5 nitrogen and oxygen atoms in total. The average molecular weight is 518 g/mol. The second kappa shape index (κ2) is 19.8. The van der Waals surface area contributed by atoms with E-state index in [2.05, 4.69) is 72.7 Å². The van der Waals surface area contributed by atoms with Gasteiger partial charge in [-0.15, -0.1) is 0 Å². The summed E-state index contributed by atoms with van der Waals surface area (Å²) in [7, 11) is 1.85. The predicted molar refractivity (Wildman–Crippen MR) is 159 cm³/mol. The molecule has 1 aromatic heterocycles. The molecule has 1 saturated heterocycles. The third-order valence-corrected chi connectivity index (χ3v) is 6.67. The molecule has 2 heterocycles. The number of hydrogen-bond acceptors (Lipinski definition) is 3. The van der Waals surface area contributed by atoms with Gasteiger partial charge in [0.15, 0.2) is 0 Å². The zero-order chi connectivity index (χ0) is 27.3. The van der Waals surface area contributed by atoms with Crippen LogP contribution in [0.2, 0.25) is 0 Å². The van der Waals surface area contributed by atoms with E-state index in [-0.39, 0.29) is 11.8 Å². The summed E-state index contributed by atoms with van der Waals surface area (Å²) >= 11 is 0. The van der Waals surface area contributed by atoms with E-state index in [1.54, 1.807) is 29.4 Å². The molecule has 0 unspecified atom stereocenters. The van der Waals surface area contributed by atoms with Gasteiger partial charge in [0.25, 0.3) is 5.91 Å². The van der Waals surface area contributed by atoms with Crippen LogP contribution < -0.4 is 0 Å². The lowest BCUT2D eigenvalue weighted by molar-refractivity contribution is -0.132. The number of aromatic nitrogens is 1. The number of carbonyl (C=O) groups is 2. The van der Waals surface area contributed by atoms with Gasteiger partial charge in [-0.25, -0.2) is 0 Å². The van der Waals surface area contributed by atoms with Crippen molar-refractivity contribution < 1.29 is 9.59 Å². The van der Waals surface area contributed by atoms with Gasteiger partial charge in [-0.2, -0.15) is 0 Å². The lowest BCUT2D eigenvalue weighted by Crippen LogP contribution is -2.42. The van der Waals surface area contributed by atoms with E-state index in [4.69, 9.17) is 0 Å². The molecule has 206 valence electrons. The minimum atomic E-state index is 0.00616. The molecule has 0 spiro atoms. The van der Waals surface area contributed by atoms with E-state index in [0.29, 0.717) is 17.9 Å². The first-order chi connectivity index (χ1) is 18.6. The molecular weight excluding hydrogens is 470 g/mol. The fraction of sp³-hybridized carbons (Fsp3) is 0.485. The molecule has 2 amide bonds. The van der Waals surface area contributed by atoms with Gasteiger partial charge in [0.2, 0.25) is 5.91 Å². The van der Waals surface area contributed by atoms with Gasteiger partial charge in [-0.3, -0.25) is 14.6 Å². The number of carbonyl (C=O) groups excluding carboxylic acids is 2. The number of piperidine rings is 1. The van der Waals surface area contributed by atoms with Crippen LogP contribution in [0.3, 0.4) is 0 Å². The number of amides is 2. The molecule has 0 atom stereocenters. The molecule has 0 aromatic carbocycles. The van der Waals surface area contributed by atoms with Crippen LogP contribution in [0.4, 0.5) is 0 Å². The maximum Gasteiger partial charge on any atom is 0.255 e. The van der Waals surface area contributed by atoms with Gasteiger partial charge in [-0.05, 0) is 75.8 Å². The number of allylic oxidation sites excluding steroid dienone is 10. The first-order valence-corrected chi connectivity index (χ1v) is 14.3. The van der Waals surface area contributed by atoms with Crippen molar-refractivity contribution >= 4 is 11.8 Å². The summed E-state index contributed by atoms with van der Waals surface area (Å²) in [6, 6.07) is 3.58. The standard InChI is InChI=1S/C33H47N3O2/c1-3-4-5-6-7-8-9-10-11-12-13-14-15-16-17-18-19-22-32(37)36-26-23-30(24-27-36)29-35(2)33(38)31-21-20-25-34-28-31/h4-5,7-8,10-11,13-14,16-17,20-21,25,28,30H,3,6,9,12,15,18-19,22-24,26-27,29H2,1-2H3. The summed E-state index contributed by atoms with van der Waals surface area (Å²) in [4.78, 5) is 32.9. The highest BCUT2D eigenvalue weighted by Gasteiger charge is 2.24. The van der Waals surface area contributed by atoms with Crippen molar-refractivity contribution in [2.75, 3.05) is 26.7 Å². The summed E-state index contributed by atoms with van der Waals surface area (Å²) in [5.74, 6) is 0.702. The highest BCUT2D eigenvalue weighted by Crippen LogP contribution is 2.20. The van der Waals surface area contributed by atoms with Crippen molar-refractivity contribution in [3.05, 3.63) is 90.9 Å². The molecule has 1 aliphatic heterocycles. The Morgan fingerprint density at radius 1 is 0.921 bits per heavy atom. The predicted octanol–water partition coefficient (Wildman–Crippen LogP) is 7.31. The van der Waals surface area contributed by atoms with E-state index in [0.717, 1.165) is 77.4 Å². The third kappa shape index (κ3) is 13.4. The Kier molecular flexibility index (Phi) is 16.2. The molecule has 2 rings (SSSR count). The van der Waals surface area contributed by atoms with Crippen molar-refractivity contribution in [1.29, 1.82) is 0 Å². The molecule has 0 bridgehead atoms. The van der Waals surface area contributed by atoms with Crippen LogP contribution in [0.25, 0.3) is 0 Å². The van der Waals surface area contributed by atoms with Crippen molar-refractivity contribution in [2.24, 2.45) is 5.92 Å². The Morgan fingerprint density at radius 3 is 2.05 bits per heavy atom. The second-order valence-corrected chi connectivity index (χ2v) is 9.85. The Bertz CT molecular complexity index is 938. The lowest BCUT2D eigenvalue weighted by atomic mass is 9.95. The van der Waals surface area contributed by atoms with Gasteiger partial charge in [0.1, 0.15) is 0 Å². The highest BCUT2D eigenvalue weighted by atomic mass is 16.2. The molecule has 0 radical (unpaired) electrons. The Hall–Kier alpha value is -3.21. The van der Waals surface area contributed by atoms with Crippen molar-refractivity contribution in [2.45, 2.75) is 71.1 Å². The molecule has 1 aromatic rings. The van der Waals surface area contributed by atoms with Gasteiger partial charge in [0.05, 0.1) is 5.56 Å². The topological polar surface area (TPSA) is 53.5 Å². The van der Waals surface area contributed by atoms with Crippen molar-refractivity contribution in [3.8, 4) is 0 Å². The summed E-state index contributed by atoms with van der Waals surface area (Å²) in [6.07, 6.45) is 34.7. The normalized spacial score (nSPS) is 15.2. The van der Waals surface area contributed by atoms with E-state index in [1.165, 1.54) is 0 Å². The fourth-order valence-electron chi connectivity index (χ4n) is 4.44. The zero-order valence-corrected chi connectivity index (χ0v) is 23.5. The Labute approximate surface area is 230 Å². The van der Waals surface area contributed by atoms with Crippen LogP contribution in [-0.2, 0) is 4.79 Å². The van der Waals surface area contributed by atoms with Crippen LogP contribution in [0.1, 0.15) is 81.5 Å². The SMILES string of the molecule is CCC=CCC=CCC=CCC=CCC=CCCCC(=O)N1CCC(CN(C)C(=O)c2cccnc2)CC1. The molecule has 0 saturated carbocycles. The number of rotatable bonds is 16. The van der Waals surface area contributed by atoms with E-state index in [9.17, 15) is 9.59 Å². The molecule has 0 aliphatic carbocycles. The van der Waals surface area contributed by atoms with Gasteiger partial charge >= 0.3 is 0 Å². The number of nitrogens with zero attached hydrogens (tertiary/aromatic N) is 3. The Morgan fingerprint density at radius 2 is 1.50 bits per heavy atom.